The Morgan fingerprint density at radius 3 is 1.43 bits per heavy atom. The quantitative estimate of drug-likeness (QED) is 0.274. The number of nitrogens with one attached hydrogen (secondary N) is 2. The highest BCUT2D eigenvalue weighted by molar-refractivity contribution is 5.92. The molecule has 0 aromatic carbocycles. The van der Waals surface area contributed by atoms with Gasteiger partial charge in [-0.2, -0.15) is 0 Å². The van der Waals surface area contributed by atoms with Crippen LogP contribution in [0.4, 0.5) is 0 Å². The molecule has 3 amide bonds. The lowest BCUT2D eigenvalue weighted by Crippen LogP contribution is -3.00. The number of quaternary nitrogens is 1. The molecule has 0 rings (SSSR count). The number of primary amides is 1. The molecule has 0 aliphatic rings. The number of rotatable bonds is 7. The molecule has 4 N–H and O–H groups in total. The summed E-state index contributed by atoms with van der Waals surface area (Å²) in [5, 5.41) is 5.59. The fourth-order valence-corrected chi connectivity index (χ4v) is 1.35. The lowest BCUT2D eigenvalue weighted by atomic mass is 10.1. The summed E-state index contributed by atoms with van der Waals surface area (Å²) in [6.07, 6.45) is 1.00. The molecule has 0 bridgehead atoms. The van der Waals surface area contributed by atoms with Crippen LogP contribution in [0.25, 0.3) is 0 Å². The van der Waals surface area contributed by atoms with E-state index in [1.165, 1.54) is 0 Å². The third-order valence-electron chi connectivity index (χ3n) is 2.98. The van der Waals surface area contributed by atoms with E-state index < -0.39 is 5.91 Å². The van der Waals surface area contributed by atoms with Crippen LogP contribution in [0.5, 0.6) is 0 Å². The highest BCUT2D eigenvalue weighted by Crippen LogP contribution is 2.00. The Balaban J connectivity index is -0.000000177. The molecule has 30 heavy (non-hydrogen) atoms. The monoisotopic (exact) mass is 446 g/mol. The predicted molar refractivity (Wildman–Crippen MR) is 122 cm³/mol. The standard InChI is InChI=1S/C10H20N2O.C8H15NO.C4H7NO.ClH/c1-9(2)10(13)11-7-6-8-12(3,4)5;1-6(2)7(10)9-8(3,4)5;1-3(2)4(5)6;/h1,6-8H2,2-5H3;1H2,2-5H3,(H,9,10);1H2,2H3,(H2,5,6);1H. The van der Waals surface area contributed by atoms with Gasteiger partial charge in [0, 0.05) is 35.2 Å². The molecule has 0 atom stereocenters. The predicted octanol–water partition coefficient (Wildman–Crippen LogP) is -0.696. The van der Waals surface area contributed by atoms with Crippen LogP contribution in [-0.2, 0) is 14.4 Å². The number of hydrogen-bond acceptors (Lipinski definition) is 3. The molecule has 0 unspecified atom stereocenters. The van der Waals surface area contributed by atoms with E-state index in [0.29, 0.717) is 16.7 Å². The number of carbonyl (C=O) groups is 3. The van der Waals surface area contributed by atoms with Gasteiger partial charge in [0.25, 0.3) is 0 Å². The number of nitrogens with zero attached hydrogens (tertiary/aromatic N) is 1. The van der Waals surface area contributed by atoms with E-state index in [1.54, 1.807) is 20.8 Å². The van der Waals surface area contributed by atoms with Gasteiger partial charge in [0.05, 0.1) is 27.7 Å². The van der Waals surface area contributed by atoms with Gasteiger partial charge in [0.2, 0.25) is 17.7 Å². The number of carbonyl (C=O) groups excluding carboxylic acids is 3. The van der Waals surface area contributed by atoms with Crippen LogP contribution < -0.4 is 28.8 Å². The zero-order chi connectivity index (χ0) is 24.0. The normalized spacial score (nSPS) is 9.90. The first-order valence-electron chi connectivity index (χ1n) is 9.47. The van der Waals surface area contributed by atoms with Crippen molar-refractivity contribution in [1.29, 1.82) is 0 Å². The Kier molecular flexibility index (Phi) is 19.6. The molecule has 0 aliphatic carbocycles. The van der Waals surface area contributed by atoms with E-state index in [4.69, 9.17) is 5.73 Å². The largest absolute Gasteiger partial charge is 1.00 e. The van der Waals surface area contributed by atoms with Gasteiger partial charge in [-0.15, -0.1) is 0 Å². The number of hydrogen-bond donors (Lipinski definition) is 3. The summed E-state index contributed by atoms with van der Waals surface area (Å²) in [5.41, 5.74) is 6.06. The van der Waals surface area contributed by atoms with Crippen LogP contribution in [0.3, 0.4) is 0 Å². The van der Waals surface area contributed by atoms with Gasteiger partial charge in [0.1, 0.15) is 0 Å². The van der Waals surface area contributed by atoms with Gasteiger partial charge in [-0.05, 0) is 41.5 Å². The fraction of sp³-hybridized carbons (Fsp3) is 0.591. The van der Waals surface area contributed by atoms with Crippen LogP contribution in [0, 0.1) is 0 Å². The van der Waals surface area contributed by atoms with E-state index in [9.17, 15) is 14.4 Å². The van der Waals surface area contributed by atoms with Crippen molar-refractivity contribution in [2.24, 2.45) is 5.73 Å². The van der Waals surface area contributed by atoms with Gasteiger partial charge in [0.15, 0.2) is 0 Å². The van der Waals surface area contributed by atoms with Crippen LogP contribution in [0.15, 0.2) is 36.5 Å². The third kappa shape index (κ3) is 30.6. The SMILES string of the molecule is C=C(C)C(=O)NC(C)(C)C.C=C(C)C(=O)NCCC[N+](C)(C)C.C=C(C)C(N)=O.[Cl-]. The molecule has 8 heteroatoms. The maximum absolute atomic E-state index is 11.1. The molecule has 0 saturated carbocycles. The van der Waals surface area contributed by atoms with E-state index in [0.717, 1.165) is 24.0 Å². The smallest absolute Gasteiger partial charge is 0.246 e. The van der Waals surface area contributed by atoms with Crippen molar-refractivity contribution in [3.8, 4) is 0 Å². The Bertz CT molecular complexity index is 588. The molecule has 0 saturated heterocycles. The van der Waals surface area contributed by atoms with Crippen LogP contribution >= 0.6 is 0 Å². The molecule has 7 nitrogen and oxygen atoms in total. The maximum atomic E-state index is 11.1. The summed E-state index contributed by atoms with van der Waals surface area (Å²) in [6.45, 7) is 23.0. The first kappa shape index (κ1) is 35.3. The van der Waals surface area contributed by atoms with E-state index in [1.807, 2.05) is 20.8 Å². The average Bonchev–Trinajstić information content (AvgIpc) is 2.49. The summed E-state index contributed by atoms with van der Waals surface area (Å²) in [7, 11) is 6.42. The fourth-order valence-electron chi connectivity index (χ4n) is 1.35. The van der Waals surface area contributed by atoms with Crippen molar-refractivity contribution in [1.82, 2.24) is 10.6 Å². The van der Waals surface area contributed by atoms with Gasteiger partial charge >= 0.3 is 0 Å². The second kappa shape index (κ2) is 16.7. The number of nitrogens with two attached hydrogens (primary N) is 1. The lowest BCUT2D eigenvalue weighted by molar-refractivity contribution is -0.870. The van der Waals surface area contributed by atoms with E-state index in [-0.39, 0.29) is 29.8 Å². The highest BCUT2D eigenvalue weighted by atomic mass is 35.5. The highest BCUT2D eigenvalue weighted by Gasteiger charge is 2.13. The zero-order valence-electron chi connectivity index (χ0n) is 20.4. The molecular weight excluding hydrogens is 404 g/mol. The van der Waals surface area contributed by atoms with Crippen LogP contribution in [-0.4, -0.2) is 62.0 Å². The Hall–Kier alpha value is -2.12. The first-order chi connectivity index (χ1) is 12.8. The minimum atomic E-state index is -0.435. The van der Waals surface area contributed by atoms with Gasteiger partial charge < -0.3 is 33.3 Å². The first-order valence-corrected chi connectivity index (χ1v) is 9.47. The lowest BCUT2D eigenvalue weighted by Gasteiger charge is -2.23. The molecule has 0 radical (unpaired) electrons. The minimum absolute atomic E-state index is 0. The van der Waals surface area contributed by atoms with Crippen LogP contribution in [0.1, 0.15) is 48.0 Å². The molecule has 0 spiro atoms. The average molecular weight is 447 g/mol. The zero-order valence-corrected chi connectivity index (χ0v) is 21.1. The second-order valence-corrected chi connectivity index (χ2v) is 9.03. The van der Waals surface area contributed by atoms with Gasteiger partial charge in [-0.25, -0.2) is 0 Å². The summed E-state index contributed by atoms with van der Waals surface area (Å²) in [5.74, 6) is -0.552. The third-order valence-corrected chi connectivity index (χ3v) is 2.98. The Morgan fingerprint density at radius 2 is 1.23 bits per heavy atom. The molecular formula is C22H43ClN4O3. The molecule has 0 aromatic rings. The van der Waals surface area contributed by atoms with Crippen molar-refractivity contribution in [3.05, 3.63) is 36.5 Å². The topological polar surface area (TPSA) is 101 Å². The second-order valence-electron chi connectivity index (χ2n) is 9.03. The van der Waals surface area contributed by atoms with Crippen molar-refractivity contribution in [3.63, 3.8) is 0 Å². The van der Waals surface area contributed by atoms with Gasteiger partial charge in [-0.1, -0.05) is 19.7 Å². The van der Waals surface area contributed by atoms with Crippen molar-refractivity contribution >= 4 is 17.7 Å². The maximum Gasteiger partial charge on any atom is 0.246 e. The Morgan fingerprint density at radius 1 is 0.867 bits per heavy atom. The summed E-state index contributed by atoms with van der Waals surface area (Å²) in [4.78, 5) is 31.8. The number of halogens is 1. The molecule has 0 aliphatic heterocycles. The number of amides is 3. The van der Waals surface area contributed by atoms with E-state index in [2.05, 4.69) is 51.5 Å². The van der Waals surface area contributed by atoms with E-state index >= 15 is 0 Å². The Labute approximate surface area is 189 Å². The van der Waals surface area contributed by atoms with Crippen molar-refractivity contribution in [2.45, 2.75) is 53.5 Å². The van der Waals surface area contributed by atoms with Crippen LogP contribution in [0.2, 0.25) is 0 Å². The molecule has 0 aromatic heterocycles. The van der Waals surface area contributed by atoms with Gasteiger partial charge in [-0.3, -0.25) is 14.4 Å². The summed E-state index contributed by atoms with van der Waals surface area (Å²) < 4.78 is 0.933. The molecule has 0 fully saturated rings. The van der Waals surface area contributed by atoms with Crippen molar-refractivity contribution < 1.29 is 31.3 Å². The summed E-state index contributed by atoms with van der Waals surface area (Å²) in [6, 6.07) is 0. The molecule has 0 heterocycles. The molecule has 176 valence electrons. The minimum Gasteiger partial charge on any atom is -1.00 e. The van der Waals surface area contributed by atoms with Crippen molar-refractivity contribution in [2.75, 3.05) is 34.2 Å². The summed E-state index contributed by atoms with van der Waals surface area (Å²) >= 11 is 0.